The number of thioether (sulfide) groups is 1. The molecule has 2 aliphatic heterocycles. The van der Waals surface area contributed by atoms with Gasteiger partial charge in [0.05, 0.1) is 12.1 Å². The molecule has 0 spiro atoms. The third-order valence-electron chi connectivity index (χ3n) is 7.48. The van der Waals surface area contributed by atoms with Crippen LogP contribution in [0.25, 0.3) is 17.0 Å². The van der Waals surface area contributed by atoms with Crippen LogP contribution in [0.15, 0.2) is 58.1 Å². The van der Waals surface area contributed by atoms with E-state index in [1.54, 1.807) is 0 Å². The van der Waals surface area contributed by atoms with E-state index in [9.17, 15) is 4.79 Å². The number of amidine groups is 2. The summed E-state index contributed by atoms with van der Waals surface area (Å²) in [5.41, 5.74) is 5.54. The second kappa shape index (κ2) is 12.3. The first-order valence-electron chi connectivity index (χ1n) is 14.1. The Bertz CT molecular complexity index is 1550. The first kappa shape index (κ1) is 27.9. The second-order valence-electron chi connectivity index (χ2n) is 10.5. The molecule has 3 heterocycles. The zero-order valence-corrected chi connectivity index (χ0v) is 24.6. The summed E-state index contributed by atoms with van der Waals surface area (Å²) >= 11 is 1.41. The Morgan fingerprint density at radius 2 is 1.85 bits per heavy atom. The van der Waals surface area contributed by atoms with Crippen molar-refractivity contribution in [3.8, 4) is 5.75 Å². The quantitative estimate of drug-likeness (QED) is 0.195. The van der Waals surface area contributed by atoms with Crippen molar-refractivity contribution < 1.29 is 9.53 Å². The van der Waals surface area contributed by atoms with Gasteiger partial charge >= 0.3 is 0 Å². The lowest BCUT2D eigenvalue weighted by Crippen LogP contribution is -2.35. The van der Waals surface area contributed by atoms with Gasteiger partial charge in [0, 0.05) is 22.2 Å². The monoisotopic (exact) mass is 555 g/mol. The van der Waals surface area contributed by atoms with Crippen LogP contribution in [0, 0.1) is 26.2 Å². The Labute approximate surface area is 240 Å². The number of nitrogens with one attached hydrogen (secondary N) is 1. The molecule has 40 heavy (non-hydrogen) atoms. The summed E-state index contributed by atoms with van der Waals surface area (Å²) < 4.78 is 8.38. The molecule has 0 saturated heterocycles. The van der Waals surface area contributed by atoms with E-state index in [1.165, 1.54) is 48.0 Å². The number of hydrazone groups is 1. The average molecular weight is 556 g/mol. The number of carbonyl (C=O) groups is 1. The molecule has 2 aliphatic rings. The fourth-order valence-electron chi connectivity index (χ4n) is 5.19. The van der Waals surface area contributed by atoms with Gasteiger partial charge in [-0.1, -0.05) is 62.9 Å². The van der Waals surface area contributed by atoms with Crippen LogP contribution in [0.3, 0.4) is 0 Å². The highest BCUT2D eigenvalue weighted by molar-refractivity contribution is 8.26. The summed E-state index contributed by atoms with van der Waals surface area (Å²) in [4.78, 5) is 17.4. The van der Waals surface area contributed by atoms with Crippen LogP contribution in [0.2, 0.25) is 0 Å². The molecule has 0 radical (unpaired) electrons. The smallest absolute Gasteiger partial charge is 0.283 e. The van der Waals surface area contributed by atoms with Gasteiger partial charge in [0.1, 0.15) is 17.4 Å². The van der Waals surface area contributed by atoms with Gasteiger partial charge in [0.15, 0.2) is 5.84 Å². The third-order valence-corrected chi connectivity index (χ3v) is 8.44. The molecule has 1 amide bonds. The molecule has 2 aromatic carbocycles. The van der Waals surface area contributed by atoms with E-state index in [1.807, 2.05) is 18.2 Å². The number of fused-ring (bicyclic) bond motifs is 2. The van der Waals surface area contributed by atoms with Crippen molar-refractivity contribution in [2.45, 2.75) is 72.8 Å². The number of amides is 1. The highest BCUT2D eigenvalue weighted by Crippen LogP contribution is 2.33. The van der Waals surface area contributed by atoms with Crippen LogP contribution in [0.5, 0.6) is 5.75 Å². The molecule has 208 valence electrons. The number of carbonyl (C=O) groups excluding carboxylic acids is 1. The molecular formula is C32H37N5O2S. The lowest BCUT2D eigenvalue weighted by Gasteiger charge is -2.20. The van der Waals surface area contributed by atoms with E-state index in [0.717, 1.165) is 51.4 Å². The van der Waals surface area contributed by atoms with Gasteiger partial charge in [-0.15, -0.1) is 0 Å². The summed E-state index contributed by atoms with van der Waals surface area (Å²) in [5, 5.41) is 17.5. The van der Waals surface area contributed by atoms with Gasteiger partial charge < -0.3 is 9.30 Å². The van der Waals surface area contributed by atoms with Crippen molar-refractivity contribution in [3.63, 3.8) is 0 Å². The average Bonchev–Trinajstić information content (AvgIpc) is 3.46. The molecule has 1 aromatic heterocycles. The SMILES string of the molecule is CCCCCCCC1=NN2C(=N)/C(=C/c3c(C)n(CCOc4cc(C)ccc4C)c4ccccc34)C(=O)N=C2S1. The Hall–Kier alpha value is -3.65. The maximum absolute atomic E-state index is 13.1. The Balaban J connectivity index is 1.37. The van der Waals surface area contributed by atoms with Gasteiger partial charge in [-0.3, -0.25) is 10.2 Å². The molecule has 7 nitrogen and oxygen atoms in total. The van der Waals surface area contributed by atoms with E-state index in [4.69, 9.17) is 10.1 Å². The maximum Gasteiger partial charge on any atom is 0.283 e. The molecule has 0 unspecified atom stereocenters. The summed E-state index contributed by atoms with van der Waals surface area (Å²) in [5.74, 6) is 0.589. The van der Waals surface area contributed by atoms with Crippen molar-refractivity contribution in [1.29, 1.82) is 5.41 Å². The minimum absolute atomic E-state index is 0.0815. The molecule has 8 heteroatoms. The number of aromatic nitrogens is 1. The Kier molecular flexibility index (Phi) is 8.54. The molecule has 0 bridgehead atoms. The molecule has 5 rings (SSSR count). The van der Waals surface area contributed by atoms with Crippen LogP contribution in [-0.4, -0.2) is 38.1 Å². The second-order valence-corrected chi connectivity index (χ2v) is 11.5. The topological polar surface area (TPSA) is 83.0 Å². The number of para-hydroxylation sites is 1. The minimum atomic E-state index is -0.391. The predicted octanol–water partition coefficient (Wildman–Crippen LogP) is 7.63. The number of benzene rings is 2. The fraction of sp³-hybridized carbons (Fsp3) is 0.375. The molecule has 0 saturated carbocycles. The van der Waals surface area contributed by atoms with Gasteiger partial charge in [0.25, 0.3) is 5.91 Å². The van der Waals surface area contributed by atoms with E-state index < -0.39 is 5.91 Å². The molecule has 0 aliphatic carbocycles. The van der Waals surface area contributed by atoms with Crippen LogP contribution < -0.4 is 4.74 Å². The molecule has 1 N–H and O–H groups in total. The highest BCUT2D eigenvalue weighted by Gasteiger charge is 2.35. The molecule has 0 atom stereocenters. The normalized spacial score (nSPS) is 16.1. The van der Waals surface area contributed by atoms with Crippen molar-refractivity contribution in [3.05, 3.63) is 70.4 Å². The number of hydrogen-bond acceptors (Lipinski definition) is 5. The molecular weight excluding hydrogens is 518 g/mol. The highest BCUT2D eigenvalue weighted by atomic mass is 32.2. The summed E-state index contributed by atoms with van der Waals surface area (Å²) in [7, 11) is 0. The van der Waals surface area contributed by atoms with Crippen molar-refractivity contribution >= 4 is 50.7 Å². The van der Waals surface area contributed by atoms with Crippen LogP contribution in [0.4, 0.5) is 0 Å². The van der Waals surface area contributed by atoms with Gasteiger partial charge in [-0.2, -0.15) is 15.1 Å². The number of rotatable bonds is 11. The van der Waals surface area contributed by atoms with E-state index in [0.29, 0.717) is 18.3 Å². The number of unbranched alkanes of at least 4 members (excludes halogenated alkanes) is 4. The zero-order valence-electron chi connectivity index (χ0n) is 23.8. The minimum Gasteiger partial charge on any atom is -0.491 e. The first-order valence-corrected chi connectivity index (χ1v) is 15.0. The summed E-state index contributed by atoms with van der Waals surface area (Å²) in [6.07, 6.45) is 8.58. The van der Waals surface area contributed by atoms with Gasteiger partial charge in [-0.05, 0) is 74.7 Å². The Morgan fingerprint density at radius 1 is 1.05 bits per heavy atom. The largest absolute Gasteiger partial charge is 0.491 e. The fourth-order valence-corrected chi connectivity index (χ4v) is 6.12. The molecule has 3 aromatic rings. The first-order chi connectivity index (χ1) is 19.4. The van der Waals surface area contributed by atoms with E-state index >= 15 is 0 Å². The number of ether oxygens (including phenoxy) is 1. The Morgan fingerprint density at radius 3 is 2.67 bits per heavy atom. The third kappa shape index (κ3) is 5.77. The lowest BCUT2D eigenvalue weighted by molar-refractivity contribution is -0.114. The number of hydrogen-bond donors (Lipinski definition) is 1. The maximum atomic E-state index is 13.1. The van der Waals surface area contributed by atoms with Gasteiger partial charge in [-0.25, -0.2) is 0 Å². The standard InChI is InChI=1S/C32H37N5O2S/c1-5-6-7-8-9-14-29-35-37-30(33)26(31(38)34-32(37)40-29)20-25-23(4)36(27-13-11-10-12-24(25)27)17-18-39-28-19-21(2)15-16-22(28)3/h10-13,15-16,19-20,33H,5-9,14,17-18H2,1-4H3/b26-20-,33-30?. The van der Waals surface area contributed by atoms with Crippen molar-refractivity contribution in [2.24, 2.45) is 10.1 Å². The van der Waals surface area contributed by atoms with E-state index in [-0.39, 0.29) is 11.4 Å². The van der Waals surface area contributed by atoms with E-state index in [2.05, 4.69) is 72.7 Å². The van der Waals surface area contributed by atoms with Gasteiger partial charge in [0.2, 0.25) is 5.17 Å². The van der Waals surface area contributed by atoms with Crippen molar-refractivity contribution in [2.75, 3.05) is 6.61 Å². The number of aliphatic imine (C=N–C) groups is 1. The summed E-state index contributed by atoms with van der Waals surface area (Å²) in [6, 6.07) is 14.4. The lowest BCUT2D eigenvalue weighted by atomic mass is 10.1. The van der Waals surface area contributed by atoms with Crippen LogP contribution >= 0.6 is 11.8 Å². The predicted molar refractivity (Wildman–Crippen MR) is 166 cm³/mol. The zero-order chi connectivity index (χ0) is 28.2. The molecule has 0 fully saturated rings. The summed E-state index contributed by atoms with van der Waals surface area (Å²) in [6.45, 7) is 9.56. The van der Waals surface area contributed by atoms with Crippen LogP contribution in [-0.2, 0) is 11.3 Å². The van der Waals surface area contributed by atoms with Crippen molar-refractivity contribution in [1.82, 2.24) is 9.58 Å². The number of nitrogens with zero attached hydrogens (tertiary/aromatic N) is 4. The van der Waals surface area contributed by atoms with Crippen LogP contribution in [0.1, 0.15) is 67.8 Å². The number of aryl methyl sites for hydroxylation is 2.